The predicted molar refractivity (Wildman–Crippen MR) is 80.2 cm³/mol. The lowest BCUT2D eigenvalue weighted by Gasteiger charge is -2.24. The fraction of sp³-hybridized carbons (Fsp3) is 0.538. The molecule has 2 heterocycles. The number of amides is 1. The van der Waals surface area contributed by atoms with E-state index in [9.17, 15) is 4.79 Å². The summed E-state index contributed by atoms with van der Waals surface area (Å²) in [5, 5.41) is 0. The molecule has 0 aromatic rings. The van der Waals surface area contributed by atoms with Gasteiger partial charge in [-0.1, -0.05) is 24.0 Å². The summed E-state index contributed by atoms with van der Waals surface area (Å²) >= 11 is 6.55. The number of likely N-dealkylation sites (N-methyl/N-ethyl adjacent to an activating group) is 1. The second-order valence-corrected chi connectivity index (χ2v) is 6.06. The SMILES string of the molecule is CCN1C(=O)C(=CC=CN2CCCCC2)SC1=S. The summed E-state index contributed by atoms with van der Waals surface area (Å²) < 4.78 is 0.667. The van der Waals surface area contributed by atoms with Crippen LogP contribution in [-0.4, -0.2) is 39.7 Å². The van der Waals surface area contributed by atoms with Crippen molar-refractivity contribution in [2.24, 2.45) is 0 Å². The van der Waals surface area contributed by atoms with Crippen LogP contribution < -0.4 is 0 Å². The number of nitrogens with zero attached hydrogens (tertiary/aromatic N) is 2. The third-order valence-electron chi connectivity index (χ3n) is 3.12. The van der Waals surface area contributed by atoms with Crippen LogP contribution in [-0.2, 0) is 4.79 Å². The Balaban J connectivity index is 1.95. The van der Waals surface area contributed by atoms with E-state index in [2.05, 4.69) is 11.1 Å². The number of carbonyl (C=O) groups excluding carboxylic acids is 1. The smallest absolute Gasteiger partial charge is 0.266 e. The van der Waals surface area contributed by atoms with Gasteiger partial charge in [-0.25, -0.2) is 0 Å². The maximum Gasteiger partial charge on any atom is 0.266 e. The van der Waals surface area contributed by atoms with Gasteiger partial charge in [0.25, 0.3) is 5.91 Å². The number of allylic oxidation sites excluding steroid dienone is 2. The van der Waals surface area contributed by atoms with Crippen LogP contribution in [0.25, 0.3) is 0 Å². The first-order valence-corrected chi connectivity index (χ1v) is 7.61. The minimum atomic E-state index is 0.0378. The van der Waals surface area contributed by atoms with Crippen LogP contribution in [0, 0.1) is 0 Å². The standard InChI is InChI=1S/C13H18N2OS2/c1-2-15-12(16)11(18-13(15)17)7-6-10-14-8-4-3-5-9-14/h6-7,10H,2-5,8-9H2,1H3. The van der Waals surface area contributed by atoms with Crippen molar-refractivity contribution in [3.63, 3.8) is 0 Å². The highest BCUT2D eigenvalue weighted by Gasteiger charge is 2.29. The molecule has 0 aliphatic carbocycles. The van der Waals surface area contributed by atoms with Crippen molar-refractivity contribution in [1.29, 1.82) is 0 Å². The van der Waals surface area contributed by atoms with Gasteiger partial charge in [0, 0.05) is 19.6 Å². The first-order chi connectivity index (χ1) is 8.72. The summed E-state index contributed by atoms with van der Waals surface area (Å²) in [7, 11) is 0. The molecule has 0 aromatic carbocycles. The van der Waals surface area contributed by atoms with Crippen LogP contribution in [0.2, 0.25) is 0 Å². The van der Waals surface area contributed by atoms with Gasteiger partial charge in [-0.2, -0.15) is 0 Å². The molecule has 0 aromatic heterocycles. The van der Waals surface area contributed by atoms with E-state index in [1.165, 1.54) is 31.0 Å². The van der Waals surface area contributed by atoms with E-state index in [1.807, 2.05) is 19.1 Å². The number of hydrogen-bond acceptors (Lipinski definition) is 4. The average molecular weight is 282 g/mol. The monoisotopic (exact) mass is 282 g/mol. The second-order valence-electron chi connectivity index (χ2n) is 4.39. The molecule has 0 N–H and O–H groups in total. The van der Waals surface area contributed by atoms with Crippen molar-refractivity contribution >= 4 is 34.2 Å². The summed E-state index contributed by atoms with van der Waals surface area (Å²) in [6.07, 6.45) is 9.79. The molecule has 0 bridgehead atoms. The van der Waals surface area contributed by atoms with Gasteiger partial charge >= 0.3 is 0 Å². The van der Waals surface area contributed by atoms with Crippen LogP contribution in [0.15, 0.2) is 23.3 Å². The zero-order chi connectivity index (χ0) is 13.0. The molecule has 0 atom stereocenters. The first-order valence-electron chi connectivity index (χ1n) is 6.38. The van der Waals surface area contributed by atoms with Gasteiger partial charge < -0.3 is 4.90 Å². The van der Waals surface area contributed by atoms with Crippen LogP contribution in [0.1, 0.15) is 26.2 Å². The highest BCUT2D eigenvalue weighted by atomic mass is 32.2. The number of piperidine rings is 1. The highest BCUT2D eigenvalue weighted by molar-refractivity contribution is 8.26. The molecule has 18 heavy (non-hydrogen) atoms. The van der Waals surface area contributed by atoms with Crippen molar-refractivity contribution in [2.75, 3.05) is 19.6 Å². The number of likely N-dealkylation sites (tertiary alicyclic amines) is 1. The Morgan fingerprint density at radius 3 is 2.67 bits per heavy atom. The number of thiocarbonyl (C=S) groups is 1. The Kier molecular flexibility index (Phi) is 4.83. The van der Waals surface area contributed by atoms with Gasteiger partial charge in [0.15, 0.2) is 0 Å². The average Bonchev–Trinajstić information content (AvgIpc) is 2.65. The summed E-state index contributed by atoms with van der Waals surface area (Å²) in [5.74, 6) is 0.0378. The van der Waals surface area contributed by atoms with E-state index < -0.39 is 0 Å². The van der Waals surface area contributed by atoms with Gasteiger partial charge in [-0.3, -0.25) is 9.69 Å². The molecule has 2 aliphatic rings. The van der Waals surface area contributed by atoms with Gasteiger partial charge in [-0.15, -0.1) is 0 Å². The van der Waals surface area contributed by atoms with Gasteiger partial charge in [0.1, 0.15) is 4.32 Å². The molecular formula is C13H18N2OS2. The van der Waals surface area contributed by atoms with Gasteiger partial charge in [0.2, 0.25) is 0 Å². The largest absolute Gasteiger partial charge is 0.377 e. The molecule has 98 valence electrons. The van der Waals surface area contributed by atoms with Crippen LogP contribution >= 0.6 is 24.0 Å². The Bertz CT molecular complexity index is 398. The van der Waals surface area contributed by atoms with E-state index in [0.29, 0.717) is 10.9 Å². The molecule has 2 aliphatic heterocycles. The quantitative estimate of drug-likeness (QED) is 0.586. The first kappa shape index (κ1) is 13.6. The van der Waals surface area contributed by atoms with E-state index in [-0.39, 0.29) is 5.91 Å². The lowest BCUT2D eigenvalue weighted by Crippen LogP contribution is -2.27. The zero-order valence-corrected chi connectivity index (χ0v) is 12.2. The van der Waals surface area contributed by atoms with E-state index in [4.69, 9.17) is 12.2 Å². The van der Waals surface area contributed by atoms with E-state index in [1.54, 1.807) is 4.90 Å². The Labute approximate surface area is 118 Å². The van der Waals surface area contributed by atoms with Crippen LogP contribution in [0.5, 0.6) is 0 Å². The number of rotatable bonds is 3. The molecule has 0 unspecified atom stereocenters. The zero-order valence-electron chi connectivity index (χ0n) is 10.6. The molecule has 2 fully saturated rings. The lowest BCUT2D eigenvalue weighted by atomic mass is 10.1. The maximum atomic E-state index is 11.9. The van der Waals surface area contributed by atoms with Crippen molar-refractivity contribution in [3.05, 3.63) is 23.3 Å². The van der Waals surface area contributed by atoms with E-state index in [0.717, 1.165) is 18.0 Å². The number of hydrogen-bond donors (Lipinski definition) is 0. The molecule has 0 spiro atoms. The third kappa shape index (κ3) is 3.14. The Hall–Kier alpha value is -0.810. The number of carbonyl (C=O) groups is 1. The fourth-order valence-corrected chi connectivity index (χ4v) is 3.44. The van der Waals surface area contributed by atoms with Crippen LogP contribution in [0.3, 0.4) is 0 Å². The van der Waals surface area contributed by atoms with Gasteiger partial charge in [-0.05, 0) is 44.5 Å². The summed E-state index contributed by atoms with van der Waals surface area (Å²) in [6.45, 7) is 4.84. The molecule has 1 amide bonds. The fourth-order valence-electron chi connectivity index (χ4n) is 2.11. The maximum absolute atomic E-state index is 11.9. The molecule has 0 radical (unpaired) electrons. The summed E-state index contributed by atoms with van der Waals surface area (Å²) in [4.78, 5) is 16.6. The summed E-state index contributed by atoms with van der Waals surface area (Å²) in [6, 6.07) is 0. The van der Waals surface area contributed by atoms with Crippen molar-refractivity contribution in [1.82, 2.24) is 9.80 Å². The molecule has 2 saturated heterocycles. The topological polar surface area (TPSA) is 23.6 Å². The third-order valence-corrected chi connectivity index (χ3v) is 4.52. The second kappa shape index (κ2) is 6.38. The van der Waals surface area contributed by atoms with Crippen LogP contribution in [0.4, 0.5) is 0 Å². The van der Waals surface area contributed by atoms with Gasteiger partial charge in [0.05, 0.1) is 4.91 Å². The van der Waals surface area contributed by atoms with Crippen molar-refractivity contribution < 1.29 is 4.79 Å². The molecule has 5 heteroatoms. The normalized spacial score (nSPS) is 23.7. The Morgan fingerprint density at radius 2 is 2.06 bits per heavy atom. The highest BCUT2D eigenvalue weighted by Crippen LogP contribution is 2.30. The predicted octanol–water partition coefficient (Wildman–Crippen LogP) is 2.75. The van der Waals surface area contributed by atoms with Crippen molar-refractivity contribution in [3.8, 4) is 0 Å². The molecule has 2 rings (SSSR count). The minimum Gasteiger partial charge on any atom is -0.377 e. The molecule has 3 nitrogen and oxygen atoms in total. The minimum absolute atomic E-state index is 0.0378. The Morgan fingerprint density at radius 1 is 1.33 bits per heavy atom. The number of thioether (sulfide) groups is 1. The molecule has 0 saturated carbocycles. The van der Waals surface area contributed by atoms with E-state index >= 15 is 0 Å². The summed E-state index contributed by atoms with van der Waals surface area (Å²) in [5.41, 5.74) is 0. The lowest BCUT2D eigenvalue weighted by molar-refractivity contribution is -0.122. The molecular weight excluding hydrogens is 264 g/mol. The van der Waals surface area contributed by atoms with Crippen molar-refractivity contribution in [2.45, 2.75) is 26.2 Å².